The molecule has 5 heteroatoms. The number of nitrogens with two attached hydrogens (primary N) is 1. The summed E-state index contributed by atoms with van der Waals surface area (Å²) >= 11 is 0. The SMILES string of the molecule is Nc1ccccc1CCC(=O)NCc1cccc(NC(=O)C2CCC2)c1. The van der Waals surface area contributed by atoms with Crippen molar-refractivity contribution in [2.75, 3.05) is 11.1 Å². The monoisotopic (exact) mass is 351 g/mol. The van der Waals surface area contributed by atoms with E-state index in [1.54, 1.807) is 0 Å². The van der Waals surface area contributed by atoms with Crippen molar-refractivity contribution in [1.29, 1.82) is 0 Å². The lowest BCUT2D eigenvalue weighted by Gasteiger charge is -2.24. The number of aryl methyl sites for hydroxylation is 1. The summed E-state index contributed by atoms with van der Waals surface area (Å²) < 4.78 is 0. The number of carbonyl (C=O) groups is 2. The van der Waals surface area contributed by atoms with Crippen molar-refractivity contribution in [3.8, 4) is 0 Å². The molecule has 2 aromatic carbocycles. The van der Waals surface area contributed by atoms with Crippen LogP contribution in [-0.2, 0) is 22.6 Å². The number of benzene rings is 2. The number of nitrogens with one attached hydrogen (secondary N) is 2. The lowest BCUT2D eigenvalue weighted by atomic mass is 9.85. The Kier molecular flexibility index (Phi) is 5.89. The summed E-state index contributed by atoms with van der Waals surface area (Å²) in [7, 11) is 0. The van der Waals surface area contributed by atoms with Crippen LogP contribution in [0.5, 0.6) is 0 Å². The number of carbonyl (C=O) groups excluding carboxylic acids is 2. The molecule has 1 saturated carbocycles. The number of para-hydroxylation sites is 1. The zero-order valence-corrected chi connectivity index (χ0v) is 14.8. The first-order chi connectivity index (χ1) is 12.6. The maximum Gasteiger partial charge on any atom is 0.227 e. The van der Waals surface area contributed by atoms with E-state index in [1.165, 1.54) is 0 Å². The standard InChI is InChI=1S/C21H25N3O2/c22-19-10-2-1-6-16(19)11-12-20(25)23-14-15-5-3-9-18(13-15)24-21(26)17-7-4-8-17/h1-3,5-6,9-10,13,17H,4,7-8,11-12,14,22H2,(H,23,25)(H,24,26). The molecule has 0 radical (unpaired) electrons. The molecule has 0 saturated heterocycles. The van der Waals surface area contributed by atoms with E-state index in [4.69, 9.17) is 5.73 Å². The molecule has 0 aromatic heterocycles. The maximum atomic E-state index is 12.1. The maximum absolute atomic E-state index is 12.1. The van der Waals surface area contributed by atoms with Crippen LogP contribution >= 0.6 is 0 Å². The van der Waals surface area contributed by atoms with Gasteiger partial charge in [-0.25, -0.2) is 0 Å². The van der Waals surface area contributed by atoms with E-state index >= 15 is 0 Å². The normalized spacial score (nSPS) is 13.7. The Morgan fingerprint density at radius 3 is 2.62 bits per heavy atom. The first-order valence-corrected chi connectivity index (χ1v) is 9.12. The van der Waals surface area contributed by atoms with Gasteiger partial charge in [-0.05, 0) is 48.6 Å². The van der Waals surface area contributed by atoms with Crippen LogP contribution in [0.3, 0.4) is 0 Å². The Morgan fingerprint density at radius 2 is 1.88 bits per heavy atom. The number of nitrogen functional groups attached to an aromatic ring is 1. The minimum Gasteiger partial charge on any atom is -0.399 e. The lowest BCUT2D eigenvalue weighted by molar-refractivity contribution is -0.122. The molecular weight excluding hydrogens is 326 g/mol. The molecule has 0 aliphatic heterocycles. The molecule has 0 spiro atoms. The van der Waals surface area contributed by atoms with Crippen molar-refractivity contribution in [3.05, 3.63) is 59.7 Å². The van der Waals surface area contributed by atoms with E-state index in [1.807, 2.05) is 48.5 Å². The molecule has 3 rings (SSSR count). The quantitative estimate of drug-likeness (QED) is 0.670. The molecule has 0 bridgehead atoms. The van der Waals surface area contributed by atoms with Gasteiger partial charge in [-0.15, -0.1) is 0 Å². The van der Waals surface area contributed by atoms with Gasteiger partial charge in [0, 0.05) is 30.3 Å². The van der Waals surface area contributed by atoms with Crippen molar-refractivity contribution in [3.63, 3.8) is 0 Å². The van der Waals surface area contributed by atoms with Gasteiger partial charge in [0.2, 0.25) is 11.8 Å². The van der Waals surface area contributed by atoms with Gasteiger partial charge >= 0.3 is 0 Å². The van der Waals surface area contributed by atoms with E-state index in [0.717, 1.165) is 41.8 Å². The minimum absolute atomic E-state index is 0.0165. The smallest absolute Gasteiger partial charge is 0.227 e. The van der Waals surface area contributed by atoms with Gasteiger partial charge in [0.25, 0.3) is 0 Å². The average molecular weight is 351 g/mol. The second-order valence-electron chi connectivity index (χ2n) is 6.79. The third kappa shape index (κ3) is 4.85. The fraction of sp³-hybridized carbons (Fsp3) is 0.333. The zero-order chi connectivity index (χ0) is 18.4. The van der Waals surface area contributed by atoms with Crippen molar-refractivity contribution >= 4 is 23.2 Å². The molecule has 26 heavy (non-hydrogen) atoms. The highest BCUT2D eigenvalue weighted by Crippen LogP contribution is 2.27. The zero-order valence-electron chi connectivity index (χ0n) is 14.8. The Hall–Kier alpha value is -2.82. The van der Waals surface area contributed by atoms with Gasteiger partial charge < -0.3 is 16.4 Å². The summed E-state index contributed by atoms with van der Waals surface area (Å²) in [5, 5.41) is 5.88. The highest BCUT2D eigenvalue weighted by molar-refractivity contribution is 5.93. The Bertz CT molecular complexity index is 784. The van der Waals surface area contributed by atoms with E-state index in [0.29, 0.717) is 19.4 Å². The molecule has 1 aliphatic carbocycles. The molecule has 2 amide bonds. The highest BCUT2D eigenvalue weighted by atomic mass is 16.2. The summed E-state index contributed by atoms with van der Waals surface area (Å²) in [6.07, 6.45) is 4.11. The van der Waals surface area contributed by atoms with E-state index in [-0.39, 0.29) is 17.7 Å². The second kappa shape index (κ2) is 8.52. The Balaban J connectivity index is 1.46. The lowest BCUT2D eigenvalue weighted by Crippen LogP contribution is -2.28. The molecule has 1 aliphatic rings. The van der Waals surface area contributed by atoms with Crippen LogP contribution in [0.25, 0.3) is 0 Å². The van der Waals surface area contributed by atoms with Crippen molar-refractivity contribution in [2.45, 2.75) is 38.6 Å². The van der Waals surface area contributed by atoms with Crippen molar-refractivity contribution < 1.29 is 9.59 Å². The molecule has 0 unspecified atom stereocenters. The molecule has 0 heterocycles. The van der Waals surface area contributed by atoms with Crippen LogP contribution in [0.2, 0.25) is 0 Å². The number of hydrogen-bond acceptors (Lipinski definition) is 3. The van der Waals surface area contributed by atoms with E-state index in [2.05, 4.69) is 10.6 Å². The number of rotatable bonds is 7. The molecule has 0 atom stereocenters. The van der Waals surface area contributed by atoms with Crippen LogP contribution in [-0.4, -0.2) is 11.8 Å². The topological polar surface area (TPSA) is 84.2 Å². The summed E-state index contributed by atoms with van der Waals surface area (Å²) in [4.78, 5) is 24.1. The van der Waals surface area contributed by atoms with E-state index in [9.17, 15) is 9.59 Å². The molecule has 5 nitrogen and oxygen atoms in total. The summed E-state index contributed by atoms with van der Waals surface area (Å²) in [5.74, 6) is 0.235. The highest BCUT2D eigenvalue weighted by Gasteiger charge is 2.25. The summed E-state index contributed by atoms with van der Waals surface area (Å²) in [6, 6.07) is 15.2. The number of hydrogen-bond donors (Lipinski definition) is 3. The largest absolute Gasteiger partial charge is 0.399 e. The van der Waals surface area contributed by atoms with Gasteiger partial charge in [0.05, 0.1) is 0 Å². The molecule has 1 fully saturated rings. The van der Waals surface area contributed by atoms with Crippen LogP contribution in [0, 0.1) is 5.92 Å². The van der Waals surface area contributed by atoms with Crippen LogP contribution in [0.4, 0.5) is 11.4 Å². The third-order valence-electron chi connectivity index (χ3n) is 4.84. The van der Waals surface area contributed by atoms with Gasteiger partial charge in [-0.3, -0.25) is 9.59 Å². The van der Waals surface area contributed by atoms with Crippen LogP contribution < -0.4 is 16.4 Å². The Morgan fingerprint density at radius 1 is 1.08 bits per heavy atom. The number of anilines is 2. The first-order valence-electron chi connectivity index (χ1n) is 9.12. The predicted molar refractivity (Wildman–Crippen MR) is 103 cm³/mol. The fourth-order valence-electron chi connectivity index (χ4n) is 2.97. The van der Waals surface area contributed by atoms with Crippen LogP contribution in [0.15, 0.2) is 48.5 Å². The van der Waals surface area contributed by atoms with E-state index < -0.39 is 0 Å². The summed E-state index contributed by atoms with van der Waals surface area (Å²) in [5.41, 5.74) is 9.35. The van der Waals surface area contributed by atoms with Crippen molar-refractivity contribution in [2.24, 2.45) is 5.92 Å². The Labute approximate surface area is 154 Å². The van der Waals surface area contributed by atoms with Gasteiger partial charge in [-0.1, -0.05) is 36.8 Å². The van der Waals surface area contributed by atoms with Crippen LogP contribution in [0.1, 0.15) is 36.8 Å². The average Bonchev–Trinajstić information content (AvgIpc) is 2.58. The van der Waals surface area contributed by atoms with Gasteiger partial charge in [0.1, 0.15) is 0 Å². The minimum atomic E-state index is -0.0165. The molecule has 2 aromatic rings. The van der Waals surface area contributed by atoms with Crippen molar-refractivity contribution in [1.82, 2.24) is 5.32 Å². The summed E-state index contributed by atoms with van der Waals surface area (Å²) in [6.45, 7) is 0.441. The molecule has 136 valence electrons. The second-order valence-corrected chi connectivity index (χ2v) is 6.79. The molecule has 4 N–H and O–H groups in total. The third-order valence-corrected chi connectivity index (χ3v) is 4.84. The van der Waals surface area contributed by atoms with Gasteiger partial charge in [0.15, 0.2) is 0 Å². The fourth-order valence-corrected chi connectivity index (χ4v) is 2.97. The molecular formula is C21H25N3O2. The predicted octanol–water partition coefficient (Wildman–Crippen LogP) is 3.26. The van der Waals surface area contributed by atoms with Gasteiger partial charge in [-0.2, -0.15) is 0 Å². The number of amides is 2. The first kappa shape index (κ1) is 18.0.